The highest BCUT2D eigenvalue weighted by Gasteiger charge is 2.16. The minimum absolute atomic E-state index is 0.249. The Morgan fingerprint density at radius 3 is 2.85 bits per heavy atom. The van der Waals surface area contributed by atoms with Crippen LogP contribution < -0.4 is 5.32 Å². The summed E-state index contributed by atoms with van der Waals surface area (Å²) in [5.74, 6) is 0.0525. The molecule has 0 atom stereocenters. The van der Waals surface area contributed by atoms with E-state index in [-0.39, 0.29) is 5.56 Å². The molecule has 130 valence electrons. The number of nitrogens with one attached hydrogen (secondary N) is 1. The van der Waals surface area contributed by atoms with Gasteiger partial charge in [0.25, 0.3) is 0 Å². The number of carboxylic acid groups (broad SMARTS) is 1. The molecule has 3 aromatic rings. The van der Waals surface area contributed by atoms with Crippen LogP contribution in [-0.4, -0.2) is 28.1 Å². The Hall–Kier alpha value is -2.89. The predicted octanol–water partition coefficient (Wildman–Crippen LogP) is 4.11. The van der Waals surface area contributed by atoms with Crippen molar-refractivity contribution in [3.63, 3.8) is 0 Å². The number of aromatic nitrogens is 2. The van der Waals surface area contributed by atoms with Gasteiger partial charge in [-0.05, 0) is 29.1 Å². The predicted molar refractivity (Wildman–Crippen MR) is 103 cm³/mol. The molecule has 26 heavy (non-hydrogen) atoms. The Labute approximate surface area is 158 Å². The van der Waals surface area contributed by atoms with E-state index in [1.165, 1.54) is 23.1 Å². The van der Waals surface area contributed by atoms with Crippen molar-refractivity contribution in [3.8, 4) is 16.6 Å². The molecule has 2 N–H and O–H groups in total. The molecule has 0 saturated carbocycles. The fourth-order valence-corrected chi connectivity index (χ4v) is 3.83. The molecule has 2 heterocycles. The summed E-state index contributed by atoms with van der Waals surface area (Å²) in [5.41, 5.74) is 2.13. The minimum Gasteiger partial charge on any atom is -0.478 e. The summed E-state index contributed by atoms with van der Waals surface area (Å²) in [6, 6.07) is 12.8. The van der Waals surface area contributed by atoms with E-state index >= 15 is 0 Å². The van der Waals surface area contributed by atoms with Crippen LogP contribution in [0.25, 0.3) is 10.6 Å². The molecular formula is C18H14N4O2S2. The number of carboxylic acids is 1. The maximum absolute atomic E-state index is 11.1. The van der Waals surface area contributed by atoms with E-state index in [0.29, 0.717) is 28.0 Å². The summed E-state index contributed by atoms with van der Waals surface area (Å²) >= 11 is 2.90. The number of aromatic carboxylic acids is 1. The van der Waals surface area contributed by atoms with Crippen LogP contribution in [0, 0.1) is 11.3 Å². The van der Waals surface area contributed by atoms with E-state index in [0.717, 1.165) is 10.4 Å². The smallest absolute Gasteiger partial charge is 0.335 e. The van der Waals surface area contributed by atoms with Gasteiger partial charge in [0.05, 0.1) is 10.4 Å². The molecule has 0 aliphatic rings. The van der Waals surface area contributed by atoms with Gasteiger partial charge in [-0.15, -0.1) is 11.3 Å². The van der Waals surface area contributed by atoms with E-state index in [1.807, 2.05) is 23.6 Å². The first kappa shape index (κ1) is 17.9. The van der Waals surface area contributed by atoms with Gasteiger partial charge in [0, 0.05) is 12.8 Å². The Balaban J connectivity index is 1.91. The van der Waals surface area contributed by atoms with Crippen LogP contribution in [-0.2, 0) is 5.75 Å². The van der Waals surface area contributed by atoms with E-state index < -0.39 is 5.97 Å². The molecular weight excluding hydrogens is 368 g/mol. The first-order valence-corrected chi connectivity index (χ1v) is 9.47. The highest BCUT2D eigenvalue weighted by molar-refractivity contribution is 7.98. The zero-order valence-corrected chi connectivity index (χ0v) is 15.4. The lowest BCUT2D eigenvalue weighted by atomic mass is 10.1. The van der Waals surface area contributed by atoms with E-state index in [9.17, 15) is 10.1 Å². The SMILES string of the molecule is CNc1nc(SCc2cccc(C(=O)O)c2)nc(-c2cccs2)c1C#N. The normalized spacial score (nSPS) is 10.3. The number of carbonyl (C=O) groups is 1. The zero-order valence-electron chi connectivity index (χ0n) is 13.8. The highest BCUT2D eigenvalue weighted by Crippen LogP contribution is 2.32. The lowest BCUT2D eigenvalue weighted by Gasteiger charge is -2.09. The molecule has 0 radical (unpaired) electrons. The summed E-state index contributed by atoms with van der Waals surface area (Å²) in [6.07, 6.45) is 0. The molecule has 6 nitrogen and oxygen atoms in total. The standard InChI is InChI=1S/C18H14N4O2S2/c1-20-16-13(9-19)15(14-6-3-7-25-14)21-18(22-16)26-10-11-4-2-5-12(8-11)17(23)24/h2-8H,10H2,1H3,(H,23,24)(H,20,21,22). The van der Waals surface area contributed by atoms with Crippen LogP contribution in [0.5, 0.6) is 0 Å². The van der Waals surface area contributed by atoms with Crippen LogP contribution in [0.15, 0.2) is 46.9 Å². The number of benzene rings is 1. The van der Waals surface area contributed by atoms with Crippen molar-refractivity contribution in [2.45, 2.75) is 10.9 Å². The fraction of sp³-hybridized carbons (Fsp3) is 0.111. The van der Waals surface area contributed by atoms with Gasteiger partial charge in [0.15, 0.2) is 5.16 Å². The van der Waals surface area contributed by atoms with E-state index in [2.05, 4.69) is 21.4 Å². The van der Waals surface area contributed by atoms with Crippen LogP contribution >= 0.6 is 23.1 Å². The third kappa shape index (κ3) is 3.85. The van der Waals surface area contributed by atoms with Gasteiger partial charge in [0.2, 0.25) is 0 Å². The summed E-state index contributed by atoms with van der Waals surface area (Å²) < 4.78 is 0. The first-order chi connectivity index (χ1) is 12.6. The van der Waals surface area contributed by atoms with Crippen molar-refractivity contribution in [2.24, 2.45) is 0 Å². The second-order valence-electron chi connectivity index (χ2n) is 5.21. The lowest BCUT2D eigenvalue weighted by molar-refractivity contribution is 0.0697. The number of thiophene rings is 1. The molecule has 0 unspecified atom stereocenters. The van der Waals surface area contributed by atoms with E-state index in [4.69, 9.17) is 5.11 Å². The van der Waals surface area contributed by atoms with Gasteiger partial charge in [0.1, 0.15) is 23.1 Å². The van der Waals surface area contributed by atoms with E-state index in [1.54, 1.807) is 25.2 Å². The lowest BCUT2D eigenvalue weighted by Crippen LogP contribution is -2.03. The Kier molecular flexibility index (Phi) is 5.51. The second kappa shape index (κ2) is 7.99. The van der Waals surface area contributed by atoms with Gasteiger partial charge in [-0.25, -0.2) is 14.8 Å². The van der Waals surface area contributed by atoms with Gasteiger partial charge in [-0.1, -0.05) is 30.0 Å². The molecule has 0 aliphatic heterocycles. The summed E-state index contributed by atoms with van der Waals surface area (Å²) in [6.45, 7) is 0. The van der Waals surface area contributed by atoms with Gasteiger partial charge >= 0.3 is 5.97 Å². The molecule has 1 aromatic carbocycles. The third-order valence-corrected chi connectivity index (χ3v) is 5.33. The molecule has 0 aliphatic carbocycles. The number of nitriles is 1. The highest BCUT2D eigenvalue weighted by atomic mass is 32.2. The first-order valence-electron chi connectivity index (χ1n) is 7.61. The largest absolute Gasteiger partial charge is 0.478 e. The quantitative estimate of drug-likeness (QED) is 0.489. The van der Waals surface area contributed by atoms with Crippen molar-refractivity contribution >= 4 is 34.9 Å². The Bertz CT molecular complexity index is 981. The molecule has 2 aromatic heterocycles. The number of nitrogens with zero attached hydrogens (tertiary/aromatic N) is 3. The number of rotatable bonds is 6. The zero-order chi connectivity index (χ0) is 18.5. The topological polar surface area (TPSA) is 98.9 Å². The molecule has 8 heteroatoms. The summed E-state index contributed by atoms with van der Waals surface area (Å²) in [5, 5.41) is 24.0. The molecule has 0 bridgehead atoms. The third-order valence-electron chi connectivity index (χ3n) is 3.53. The van der Waals surface area contributed by atoms with Crippen molar-refractivity contribution in [2.75, 3.05) is 12.4 Å². The Morgan fingerprint density at radius 1 is 1.35 bits per heavy atom. The van der Waals surface area contributed by atoms with Crippen molar-refractivity contribution in [1.82, 2.24) is 9.97 Å². The molecule has 0 amide bonds. The van der Waals surface area contributed by atoms with Crippen LogP contribution in [0.1, 0.15) is 21.5 Å². The molecule has 0 saturated heterocycles. The number of anilines is 1. The number of hydrogen-bond acceptors (Lipinski definition) is 7. The minimum atomic E-state index is -0.955. The molecule has 0 fully saturated rings. The van der Waals surface area contributed by atoms with Crippen molar-refractivity contribution in [3.05, 3.63) is 58.5 Å². The van der Waals surface area contributed by atoms with Crippen LogP contribution in [0.3, 0.4) is 0 Å². The second-order valence-corrected chi connectivity index (χ2v) is 7.10. The average molecular weight is 382 g/mol. The van der Waals surface area contributed by atoms with Gasteiger partial charge in [-0.3, -0.25) is 0 Å². The Morgan fingerprint density at radius 2 is 2.19 bits per heavy atom. The van der Waals surface area contributed by atoms with Gasteiger partial charge < -0.3 is 10.4 Å². The number of hydrogen-bond donors (Lipinski definition) is 2. The fourth-order valence-electron chi connectivity index (χ4n) is 2.33. The molecule has 0 spiro atoms. The van der Waals surface area contributed by atoms with Crippen molar-refractivity contribution < 1.29 is 9.90 Å². The van der Waals surface area contributed by atoms with Crippen LogP contribution in [0.2, 0.25) is 0 Å². The summed E-state index contributed by atoms with van der Waals surface area (Å²) in [7, 11) is 1.71. The number of thioether (sulfide) groups is 1. The summed E-state index contributed by atoms with van der Waals surface area (Å²) in [4.78, 5) is 20.9. The molecule has 3 rings (SSSR count). The average Bonchev–Trinajstić information content (AvgIpc) is 3.20. The monoisotopic (exact) mass is 382 g/mol. The maximum Gasteiger partial charge on any atom is 0.335 e. The van der Waals surface area contributed by atoms with Crippen LogP contribution in [0.4, 0.5) is 5.82 Å². The maximum atomic E-state index is 11.1. The van der Waals surface area contributed by atoms with Gasteiger partial charge in [-0.2, -0.15) is 5.26 Å². The van der Waals surface area contributed by atoms with Crippen molar-refractivity contribution in [1.29, 1.82) is 5.26 Å².